The summed E-state index contributed by atoms with van der Waals surface area (Å²) in [4.78, 5) is 15.0. The van der Waals surface area contributed by atoms with Crippen molar-refractivity contribution in [3.05, 3.63) is 30.0 Å². The van der Waals surface area contributed by atoms with Gasteiger partial charge in [0.1, 0.15) is 0 Å². The van der Waals surface area contributed by atoms with Gasteiger partial charge in [0.2, 0.25) is 5.91 Å². The molecule has 4 rings (SSSR count). The fraction of sp³-hybridized carbons (Fsp3) is 0.619. The minimum Gasteiger partial charge on any atom is -0.379 e. The molecular weight excluding hydrogens is 420 g/mol. The molecule has 2 fully saturated rings. The molecule has 31 heavy (non-hydrogen) atoms. The lowest BCUT2D eigenvalue weighted by molar-refractivity contribution is -0.128. The monoisotopic (exact) mass is 450 g/mol. The van der Waals surface area contributed by atoms with Gasteiger partial charge < -0.3 is 14.2 Å². The van der Waals surface area contributed by atoms with E-state index >= 15 is 0 Å². The van der Waals surface area contributed by atoms with Crippen LogP contribution in [0.15, 0.2) is 28.8 Å². The van der Waals surface area contributed by atoms with E-state index in [0.29, 0.717) is 25.7 Å². The van der Waals surface area contributed by atoms with Crippen LogP contribution >= 0.6 is 0 Å². The molecule has 3 heterocycles. The van der Waals surface area contributed by atoms with Crippen LogP contribution in [-0.2, 0) is 19.7 Å². The number of nitrogens with zero attached hydrogens (tertiary/aromatic N) is 3. The predicted molar refractivity (Wildman–Crippen MR) is 116 cm³/mol. The van der Waals surface area contributed by atoms with Crippen LogP contribution in [0.4, 0.5) is 0 Å². The summed E-state index contributed by atoms with van der Waals surface area (Å²) in [6.07, 6.45) is 1.83. The number of rotatable bonds is 6. The van der Waals surface area contributed by atoms with Gasteiger partial charge in [-0.2, -0.15) is 12.7 Å². The summed E-state index contributed by atoms with van der Waals surface area (Å²) in [5, 5.41) is 5.36. The van der Waals surface area contributed by atoms with Gasteiger partial charge in [0.15, 0.2) is 5.58 Å². The lowest BCUT2D eigenvalue weighted by Gasteiger charge is -2.36. The molecule has 1 amide bonds. The Hall–Kier alpha value is -2.01. The number of carbonyl (C=O) groups is 1. The Morgan fingerprint density at radius 3 is 2.55 bits per heavy atom. The first-order valence-electron chi connectivity index (χ1n) is 10.7. The molecule has 0 aliphatic carbocycles. The fourth-order valence-electron chi connectivity index (χ4n) is 4.30. The number of ether oxygens (including phenoxy) is 1. The van der Waals surface area contributed by atoms with Gasteiger partial charge in [-0.1, -0.05) is 17.3 Å². The number of amides is 1. The Labute approximate surface area is 182 Å². The van der Waals surface area contributed by atoms with E-state index < -0.39 is 21.5 Å². The third-order valence-corrected chi connectivity index (χ3v) is 7.63. The Morgan fingerprint density at radius 1 is 1.16 bits per heavy atom. The smallest absolute Gasteiger partial charge is 0.303 e. The highest BCUT2D eigenvalue weighted by atomic mass is 32.2. The van der Waals surface area contributed by atoms with Gasteiger partial charge in [0.05, 0.1) is 24.3 Å². The molecule has 2 aromatic rings. The number of likely N-dealkylation sites (tertiary alicyclic amines) is 1. The number of fused-ring (bicyclic) bond motifs is 1. The van der Waals surface area contributed by atoms with Crippen molar-refractivity contribution in [1.82, 2.24) is 19.1 Å². The molecular formula is C21H30N4O5S. The molecule has 1 aromatic carbocycles. The number of hydrogen-bond donors (Lipinski definition) is 1. The first kappa shape index (κ1) is 22.2. The maximum absolute atomic E-state index is 12.8. The van der Waals surface area contributed by atoms with Crippen LogP contribution in [0.2, 0.25) is 0 Å². The molecule has 2 aliphatic heterocycles. The highest BCUT2D eigenvalue weighted by Crippen LogP contribution is 2.33. The Balaban J connectivity index is 1.33. The third kappa shape index (κ3) is 4.92. The number of aromatic nitrogens is 1. The number of hydrogen-bond acceptors (Lipinski definition) is 7. The maximum Gasteiger partial charge on any atom is 0.303 e. The van der Waals surface area contributed by atoms with Crippen molar-refractivity contribution in [2.24, 2.45) is 5.41 Å². The molecule has 2 aliphatic rings. The van der Waals surface area contributed by atoms with E-state index in [0.717, 1.165) is 42.6 Å². The van der Waals surface area contributed by atoms with Crippen LogP contribution in [0.1, 0.15) is 38.3 Å². The molecule has 170 valence electrons. The van der Waals surface area contributed by atoms with Crippen molar-refractivity contribution in [1.29, 1.82) is 0 Å². The summed E-state index contributed by atoms with van der Waals surface area (Å²) in [6.45, 7) is 6.90. The Bertz CT molecular complexity index is 1020. The highest BCUT2D eigenvalue weighted by molar-refractivity contribution is 7.87. The normalized spacial score (nSPS) is 20.2. The standard InChI is InChI=1S/C21H30N4O5S/c1-21(2,20(26)23-31(27,28)25-11-13-29-14-12-25)15-24-9-7-16(8-10-24)19-17-5-3-4-6-18(17)30-22-19/h3-6,16H,7-15H2,1-2H3,(H,23,26). The second kappa shape index (κ2) is 8.85. The van der Waals surface area contributed by atoms with Crippen LogP contribution in [0.5, 0.6) is 0 Å². The summed E-state index contributed by atoms with van der Waals surface area (Å²) in [6, 6.07) is 7.89. The van der Waals surface area contributed by atoms with E-state index in [1.807, 2.05) is 24.3 Å². The van der Waals surface area contributed by atoms with Gasteiger partial charge in [-0.15, -0.1) is 0 Å². The molecule has 0 unspecified atom stereocenters. The predicted octanol–water partition coefficient (Wildman–Crippen LogP) is 1.73. The average molecular weight is 451 g/mol. The summed E-state index contributed by atoms with van der Waals surface area (Å²) in [5.41, 5.74) is 0.968. The van der Waals surface area contributed by atoms with Crippen molar-refractivity contribution in [3.8, 4) is 0 Å². The molecule has 10 heteroatoms. The summed E-state index contributed by atoms with van der Waals surface area (Å²) >= 11 is 0. The van der Waals surface area contributed by atoms with Gasteiger partial charge in [-0.3, -0.25) is 4.79 Å². The minimum absolute atomic E-state index is 0.257. The molecule has 0 saturated carbocycles. The van der Waals surface area contributed by atoms with E-state index in [1.54, 1.807) is 13.8 Å². The molecule has 1 N–H and O–H groups in total. The number of nitrogens with one attached hydrogen (secondary N) is 1. The largest absolute Gasteiger partial charge is 0.379 e. The van der Waals surface area contributed by atoms with Gasteiger partial charge in [0, 0.05) is 30.9 Å². The lowest BCUT2D eigenvalue weighted by Crippen LogP contribution is -2.53. The van der Waals surface area contributed by atoms with Crippen LogP contribution < -0.4 is 4.72 Å². The Kier molecular flexibility index (Phi) is 6.34. The zero-order chi connectivity index (χ0) is 22.1. The van der Waals surface area contributed by atoms with Crippen LogP contribution in [0, 0.1) is 5.41 Å². The second-order valence-electron chi connectivity index (χ2n) is 8.95. The van der Waals surface area contributed by atoms with Crippen LogP contribution in [0.25, 0.3) is 11.0 Å². The fourth-order valence-corrected chi connectivity index (χ4v) is 5.57. The lowest BCUT2D eigenvalue weighted by atomic mass is 9.88. The highest BCUT2D eigenvalue weighted by Gasteiger charge is 2.36. The minimum atomic E-state index is -3.85. The topological polar surface area (TPSA) is 105 Å². The third-order valence-electron chi connectivity index (χ3n) is 6.14. The van der Waals surface area contributed by atoms with E-state index in [4.69, 9.17) is 9.26 Å². The average Bonchev–Trinajstić information content (AvgIpc) is 3.18. The summed E-state index contributed by atoms with van der Waals surface area (Å²) < 4.78 is 39.2. The van der Waals surface area contributed by atoms with E-state index in [-0.39, 0.29) is 13.1 Å². The molecule has 1 aromatic heterocycles. The first-order chi connectivity index (χ1) is 14.8. The molecule has 9 nitrogen and oxygen atoms in total. The van der Waals surface area contributed by atoms with Gasteiger partial charge in [0.25, 0.3) is 0 Å². The van der Waals surface area contributed by atoms with Crippen molar-refractivity contribution in [3.63, 3.8) is 0 Å². The number of piperidine rings is 1. The van der Waals surface area contributed by atoms with Crippen LogP contribution in [-0.4, -0.2) is 74.6 Å². The summed E-state index contributed by atoms with van der Waals surface area (Å²) in [7, 11) is -3.85. The molecule has 0 bridgehead atoms. The number of para-hydroxylation sites is 1. The summed E-state index contributed by atoms with van der Waals surface area (Å²) in [5.74, 6) is -0.165. The molecule has 0 atom stereocenters. The van der Waals surface area contributed by atoms with Crippen molar-refractivity contribution >= 4 is 27.1 Å². The number of carbonyl (C=O) groups excluding carboxylic acids is 1. The van der Waals surface area contributed by atoms with E-state index in [2.05, 4.69) is 14.8 Å². The maximum atomic E-state index is 12.8. The van der Waals surface area contributed by atoms with Crippen molar-refractivity contribution in [2.45, 2.75) is 32.6 Å². The molecule has 0 spiro atoms. The van der Waals surface area contributed by atoms with Crippen molar-refractivity contribution in [2.75, 3.05) is 45.9 Å². The van der Waals surface area contributed by atoms with E-state index in [9.17, 15) is 13.2 Å². The number of morpholine rings is 1. The van der Waals surface area contributed by atoms with Crippen molar-refractivity contribution < 1.29 is 22.5 Å². The SMILES string of the molecule is CC(C)(CN1CCC(c2noc3ccccc23)CC1)C(=O)NS(=O)(=O)N1CCOCC1. The Morgan fingerprint density at radius 2 is 1.84 bits per heavy atom. The second-order valence-corrected chi connectivity index (χ2v) is 10.6. The molecule has 2 saturated heterocycles. The van der Waals surface area contributed by atoms with Gasteiger partial charge >= 0.3 is 10.2 Å². The molecule has 0 radical (unpaired) electrons. The number of benzene rings is 1. The van der Waals surface area contributed by atoms with E-state index in [1.165, 1.54) is 4.31 Å². The van der Waals surface area contributed by atoms with Gasteiger partial charge in [-0.05, 0) is 51.9 Å². The van der Waals surface area contributed by atoms with Gasteiger partial charge in [-0.25, -0.2) is 4.72 Å². The first-order valence-corrected chi connectivity index (χ1v) is 12.2. The quantitative estimate of drug-likeness (QED) is 0.714. The van der Waals surface area contributed by atoms with Crippen LogP contribution in [0.3, 0.4) is 0 Å². The zero-order valence-electron chi connectivity index (χ0n) is 18.0. The zero-order valence-corrected chi connectivity index (χ0v) is 18.9.